The van der Waals surface area contributed by atoms with Gasteiger partial charge in [0.25, 0.3) is 0 Å². The summed E-state index contributed by atoms with van der Waals surface area (Å²) in [5.74, 6) is -0.282. The molecular formula is C12H16N2O2. The van der Waals surface area contributed by atoms with Crippen molar-refractivity contribution in [3.8, 4) is 0 Å². The van der Waals surface area contributed by atoms with Crippen LogP contribution in [0.2, 0.25) is 0 Å². The molecule has 1 unspecified atom stereocenters. The Morgan fingerprint density at radius 2 is 2.19 bits per heavy atom. The number of fused-ring (bicyclic) bond motifs is 1. The summed E-state index contributed by atoms with van der Waals surface area (Å²) in [5, 5.41) is 3.18. The first-order chi connectivity index (χ1) is 7.76. The smallest absolute Gasteiger partial charge is 0.408 e. The maximum Gasteiger partial charge on any atom is 0.420 e. The molecule has 1 atom stereocenters. The molecule has 1 N–H and O–H groups in total. The van der Waals surface area contributed by atoms with Gasteiger partial charge in [0.2, 0.25) is 0 Å². The third-order valence-corrected chi connectivity index (χ3v) is 2.88. The van der Waals surface area contributed by atoms with Crippen LogP contribution < -0.4 is 11.1 Å². The molecule has 1 heterocycles. The van der Waals surface area contributed by atoms with E-state index in [1.54, 1.807) is 4.57 Å². The van der Waals surface area contributed by atoms with E-state index >= 15 is 0 Å². The molecule has 0 fully saturated rings. The number of para-hydroxylation sites is 2. The number of aromatic nitrogens is 1. The van der Waals surface area contributed by atoms with E-state index in [0.717, 1.165) is 11.9 Å². The molecule has 0 bridgehead atoms. The van der Waals surface area contributed by atoms with Gasteiger partial charge < -0.3 is 9.73 Å². The molecule has 86 valence electrons. The van der Waals surface area contributed by atoms with Gasteiger partial charge in [-0.3, -0.25) is 4.57 Å². The van der Waals surface area contributed by atoms with Gasteiger partial charge in [-0.05, 0) is 25.6 Å². The van der Waals surface area contributed by atoms with Gasteiger partial charge in [0.1, 0.15) is 0 Å². The van der Waals surface area contributed by atoms with Crippen molar-refractivity contribution in [1.29, 1.82) is 0 Å². The number of nitrogens with zero attached hydrogens (tertiary/aromatic N) is 1. The molecule has 4 nitrogen and oxygen atoms in total. The second-order valence-corrected chi connectivity index (χ2v) is 3.84. The second kappa shape index (κ2) is 4.53. The van der Waals surface area contributed by atoms with E-state index in [0.29, 0.717) is 18.2 Å². The molecule has 1 aromatic carbocycles. The Hall–Kier alpha value is -1.55. The van der Waals surface area contributed by atoms with Crippen LogP contribution in [0.5, 0.6) is 0 Å². The first kappa shape index (κ1) is 11.0. The van der Waals surface area contributed by atoms with Gasteiger partial charge in [-0.15, -0.1) is 0 Å². The minimum absolute atomic E-state index is 0.282. The zero-order chi connectivity index (χ0) is 11.5. The predicted octanol–water partition coefficient (Wildman–Crippen LogP) is 1.59. The molecule has 0 amide bonds. The molecule has 1 aromatic heterocycles. The van der Waals surface area contributed by atoms with Crippen LogP contribution in [0.15, 0.2) is 33.5 Å². The summed E-state index contributed by atoms with van der Waals surface area (Å²) in [6.07, 6.45) is 0.975. The van der Waals surface area contributed by atoms with Crippen LogP contribution in [0.1, 0.15) is 13.3 Å². The van der Waals surface area contributed by atoms with Gasteiger partial charge in [-0.25, -0.2) is 4.79 Å². The van der Waals surface area contributed by atoms with E-state index in [1.807, 2.05) is 31.3 Å². The highest BCUT2D eigenvalue weighted by molar-refractivity contribution is 5.72. The fraction of sp³-hybridized carbons (Fsp3) is 0.417. The lowest BCUT2D eigenvalue weighted by Gasteiger charge is -2.13. The zero-order valence-electron chi connectivity index (χ0n) is 9.56. The summed E-state index contributed by atoms with van der Waals surface area (Å²) < 4.78 is 6.85. The summed E-state index contributed by atoms with van der Waals surface area (Å²) in [7, 11) is 1.90. The quantitative estimate of drug-likeness (QED) is 0.851. The topological polar surface area (TPSA) is 47.2 Å². The van der Waals surface area contributed by atoms with Crippen LogP contribution in [-0.2, 0) is 6.54 Å². The first-order valence-corrected chi connectivity index (χ1v) is 5.52. The molecule has 0 aliphatic carbocycles. The largest absolute Gasteiger partial charge is 0.420 e. The Bertz CT molecular complexity index is 523. The molecule has 16 heavy (non-hydrogen) atoms. The van der Waals surface area contributed by atoms with Gasteiger partial charge in [-0.2, -0.15) is 0 Å². The third kappa shape index (κ3) is 1.88. The van der Waals surface area contributed by atoms with Crippen molar-refractivity contribution in [2.24, 2.45) is 0 Å². The van der Waals surface area contributed by atoms with E-state index in [2.05, 4.69) is 12.2 Å². The van der Waals surface area contributed by atoms with Crippen molar-refractivity contribution in [2.45, 2.75) is 25.9 Å². The summed E-state index contributed by atoms with van der Waals surface area (Å²) in [4.78, 5) is 11.7. The first-order valence-electron chi connectivity index (χ1n) is 5.52. The van der Waals surface area contributed by atoms with Crippen LogP contribution in [0.25, 0.3) is 11.1 Å². The molecule has 0 spiro atoms. The van der Waals surface area contributed by atoms with E-state index in [1.165, 1.54) is 0 Å². The summed E-state index contributed by atoms with van der Waals surface area (Å²) in [6, 6.07) is 7.79. The third-order valence-electron chi connectivity index (χ3n) is 2.88. The lowest BCUT2D eigenvalue weighted by Crippen LogP contribution is -2.32. The van der Waals surface area contributed by atoms with E-state index < -0.39 is 0 Å². The van der Waals surface area contributed by atoms with Crippen molar-refractivity contribution in [1.82, 2.24) is 9.88 Å². The van der Waals surface area contributed by atoms with Crippen molar-refractivity contribution in [3.63, 3.8) is 0 Å². The lowest BCUT2D eigenvalue weighted by atomic mass is 10.2. The SMILES string of the molecule is CCC(Cn1c(=O)oc2ccccc21)NC. The number of benzene rings is 1. The summed E-state index contributed by atoms with van der Waals surface area (Å²) in [5.41, 5.74) is 1.51. The number of hydrogen-bond donors (Lipinski definition) is 1. The van der Waals surface area contributed by atoms with E-state index in [-0.39, 0.29) is 5.76 Å². The van der Waals surface area contributed by atoms with E-state index in [9.17, 15) is 4.79 Å². The van der Waals surface area contributed by atoms with Crippen molar-refractivity contribution < 1.29 is 4.42 Å². The molecule has 0 aliphatic rings. The Balaban J connectivity index is 2.43. The Kier molecular flexibility index (Phi) is 3.10. The highest BCUT2D eigenvalue weighted by Crippen LogP contribution is 2.12. The van der Waals surface area contributed by atoms with Crippen LogP contribution in [0, 0.1) is 0 Å². The number of oxazole rings is 1. The van der Waals surface area contributed by atoms with E-state index in [4.69, 9.17) is 4.42 Å². The van der Waals surface area contributed by atoms with Crippen molar-refractivity contribution in [3.05, 3.63) is 34.8 Å². The Morgan fingerprint density at radius 1 is 1.44 bits per heavy atom. The molecule has 2 rings (SSSR count). The van der Waals surface area contributed by atoms with Crippen LogP contribution in [0.3, 0.4) is 0 Å². The predicted molar refractivity (Wildman–Crippen MR) is 63.6 cm³/mol. The summed E-state index contributed by atoms with van der Waals surface area (Å²) in [6.45, 7) is 2.73. The maximum absolute atomic E-state index is 11.7. The average molecular weight is 220 g/mol. The van der Waals surface area contributed by atoms with Gasteiger partial charge in [0.05, 0.1) is 5.52 Å². The molecule has 0 radical (unpaired) electrons. The number of hydrogen-bond acceptors (Lipinski definition) is 3. The monoisotopic (exact) mass is 220 g/mol. The highest BCUT2D eigenvalue weighted by atomic mass is 16.4. The molecule has 4 heteroatoms. The average Bonchev–Trinajstić information content (AvgIpc) is 2.62. The molecule has 0 aliphatic heterocycles. The highest BCUT2D eigenvalue weighted by Gasteiger charge is 2.11. The lowest BCUT2D eigenvalue weighted by molar-refractivity contribution is 0.434. The minimum atomic E-state index is -0.282. The Morgan fingerprint density at radius 3 is 2.88 bits per heavy atom. The summed E-state index contributed by atoms with van der Waals surface area (Å²) >= 11 is 0. The van der Waals surface area contributed by atoms with Gasteiger partial charge in [0.15, 0.2) is 5.58 Å². The standard InChI is InChI=1S/C12H16N2O2/c1-3-9(13-2)8-14-10-6-4-5-7-11(10)16-12(14)15/h4-7,9,13H,3,8H2,1-2H3. The fourth-order valence-corrected chi connectivity index (χ4v) is 1.83. The molecule has 0 saturated heterocycles. The number of likely N-dealkylation sites (N-methyl/N-ethyl adjacent to an activating group) is 1. The Labute approximate surface area is 93.9 Å². The van der Waals surface area contributed by atoms with Crippen LogP contribution in [-0.4, -0.2) is 17.7 Å². The minimum Gasteiger partial charge on any atom is -0.408 e. The van der Waals surface area contributed by atoms with Gasteiger partial charge >= 0.3 is 5.76 Å². The molecular weight excluding hydrogens is 204 g/mol. The van der Waals surface area contributed by atoms with Crippen LogP contribution in [0.4, 0.5) is 0 Å². The van der Waals surface area contributed by atoms with Crippen LogP contribution >= 0.6 is 0 Å². The number of nitrogens with one attached hydrogen (secondary N) is 1. The zero-order valence-corrected chi connectivity index (χ0v) is 9.56. The van der Waals surface area contributed by atoms with Crippen molar-refractivity contribution >= 4 is 11.1 Å². The fourth-order valence-electron chi connectivity index (χ4n) is 1.83. The number of rotatable bonds is 4. The van der Waals surface area contributed by atoms with Gasteiger partial charge in [-0.1, -0.05) is 19.1 Å². The molecule has 0 saturated carbocycles. The second-order valence-electron chi connectivity index (χ2n) is 3.84. The maximum atomic E-state index is 11.7. The van der Waals surface area contributed by atoms with Crippen molar-refractivity contribution in [2.75, 3.05) is 7.05 Å². The normalized spacial score (nSPS) is 13.1. The van der Waals surface area contributed by atoms with Gasteiger partial charge in [0, 0.05) is 12.6 Å². The molecule has 2 aromatic rings.